The van der Waals surface area contributed by atoms with Crippen molar-refractivity contribution in [3.8, 4) is 17.1 Å². The number of aromatic nitrogens is 3. The fourth-order valence-corrected chi connectivity index (χ4v) is 2.79. The Morgan fingerprint density at radius 1 is 1.28 bits per heavy atom. The SMILES string of the molecule is COc1cccc(CNc2ncc(-c3cc(C)no3)c(C3CC3)n2)c1. The Balaban J connectivity index is 1.55. The smallest absolute Gasteiger partial charge is 0.223 e. The maximum atomic E-state index is 5.40. The topological polar surface area (TPSA) is 73.1 Å². The zero-order valence-electron chi connectivity index (χ0n) is 14.3. The van der Waals surface area contributed by atoms with Gasteiger partial charge in [-0.05, 0) is 37.5 Å². The van der Waals surface area contributed by atoms with E-state index in [1.807, 2.05) is 43.5 Å². The lowest BCUT2D eigenvalue weighted by molar-refractivity contribution is 0.414. The molecule has 0 spiro atoms. The molecule has 6 heteroatoms. The highest BCUT2D eigenvalue weighted by molar-refractivity contribution is 5.62. The van der Waals surface area contributed by atoms with E-state index in [0.717, 1.165) is 46.9 Å². The van der Waals surface area contributed by atoms with E-state index in [1.54, 1.807) is 7.11 Å². The molecule has 1 aliphatic carbocycles. The van der Waals surface area contributed by atoms with Crippen LogP contribution in [0.15, 0.2) is 41.1 Å². The van der Waals surface area contributed by atoms with Gasteiger partial charge in [0.05, 0.1) is 24.1 Å². The molecule has 0 unspecified atom stereocenters. The van der Waals surface area contributed by atoms with Gasteiger partial charge in [-0.3, -0.25) is 0 Å². The van der Waals surface area contributed by atoms with Crippen molar-refractivity contribution in [3.63, 3.8) is 0 Å². The summed E-state index contributed by atoms with van der Waals surface area (Å²) in [6.07, 6.45) is 4.15. The van der Waals surface area contributed by atoms with Gasteiger partial charge in [0.25, 0.3) is 0 Å². The van der Waals surface area contributed by atoms with Gasteiger partial charge in [-0.25, -0.2) is 9.97 Å². The first-order valence-corrected chi connectivity index (χ1v) is 8.40. The lowest BCUT2D eigenvalue weighted by Crippen LogP contribution is -2.06. The van der Waals surface area contributed by atoms with Gasteiger partial charge in [0.2, 0.25) is 5.95 Å². The van der Waals surface area contributed by atoms with Crippen molar-refractivity contribution < 1.29 is 9.26 Å². The lowest BCUT2D eigenvalue weighted by atomic mass is 10.1. The van der Waals surface area contributed by atoms with Crippen LogP contribution in [0.1, 0.15) is 35.7 Å². The first kappa shape index (κ1) is 15.6. The molecule has 0 radical (unpaired) electrons. The van der Waals surface area contributed by atoms with Crippen molar-refractivity contribution in [3.05, 3.63) is 53.5 Å². The zero-order chi connectivity index (χ0) is 17.2. The summed E-state index contributed by atoms with van der Waals surface area (Å²) in [4.78, 5) is 9.19. The van der Waals surface area contributed by atoms with Gasteiger partial charge >= 0.3 is 0 Å². The van der Waals surface area contributed by atoms with Crippen LogP contribution in [0.4, 0.5) is 5.95 Å². The average molecular weight is 336 g/mol. The number of nitrogens with zero attached hydrogens (tertiary/aromatic N) is 3. The molecule has 0 bridgehead atoms. The van der Waals surface area contributed by atoms with Crippen molar-refractivity contribution in [2.75, 3.05) is 12.4 Å². The summed E-state index contributed by atoms with van der Waals surface area (Å²) in [6.45, 7) is 2.55. The largest absolute Gasteiger partial charge is 0.497 e. The maximum absolute atomic E-state index is 5.40. The molecule has 1 aromatic carbocycles. The fourth-order valence-electron chi connectivity index (χ4n) is 2.79. The second-order valence-electron chi connectivity index (χ2n) is 6.30. The van der Waals surface area contributed by atoms with Crippen LogP contribution in [-0.4, -0.2) is 22.2 Å². The van der Waals surface area contributed by atoms with Crippen LogP contribution in [0.3, 0.4) is 0 Å². The number of aryl methyl sites for hydroxylation is 1. The number of methoxy groups -OCH3 is 1. The standard InChI is InChI=1S/C19H20N4O2/c1-12-8-17(25-23-12)16-11-21-19(22-18(16)14-6-7-14)20-10-13-4-3-5-15(9-13)24-2/h3-5,8-9,11,14H,6-7,10H2,1-2H3,(H,20,21,22). The van der Waals surface area contributed by atoms with Gasteiger partial charge in [0.15, 0.2) is 5.76 Å². The quantitative estimate of drug-likeness (QED) is 0.735. The molecule has 25 heavy (non-hydrogen) atoms. The Morgan fingerprint density at radius 2 is 2.16 bits per heavy atom. The van der Waals surface area contributed by atoms with Crippen LogP contribution in [0, 0.1) is 6.92 Å². The molecule has 1 N–H and O–H groups in total. The minimum Gasteiger partial charge on any atom is -0.497 e. The van der Waals surface area contributed by atoms with Crippen LogP contribution < -0.4 is 10.1 Å². The number of nitrogens with one attached hydrogen (secondary N) is 1. The second kappa shape index (κ2) is 6.55. The maximum Gasteiger partial charge on any atom is 0.223 e. The average Bonchev–Trinajstić information content (AvgIpc) is 3.41. The van der Waals surface area contributed by atoms with E-state index in [0.29, 0.717) is 18.4 Å². The van der Waals surface area contributed by atoms with Gasteiger partial charge in [-0.15, -0.1) is 0 Å². The Kier molecular flexibility index (Phi) is 4.09. The number of benzene rings is 1. The van der Waals surface area contributed by atoms with Gasteiger partial charge < -0.3 is 14.6 Å². The van der Waals surface area contributed by atoms with E-state index in [-0.39, 0.29) is 0 Å². The number of hydrogen-bond donors (Lipinski definition) is 1. The summed E-state index contributed by atoms with van der Waals surface area (Å²) in [5.41, 5.74) is 3.96. The summed E-state index contributed by atoms with van der Waals surface area (Å²) in [5.74, 6) is 2.69. The van der Waals surface area contributed by atoms with E-state index in [1.165, 1.54) is 0 Å². The minimum absolute atomic E-state index is 0.487. The van der Waals surface area contributed by atoms with E-state index < -0.39 is 0 Å². The van der Waals surface area contributed by atoms with Crippen LogP contribution >= 0.6 is 0 Å². The van der Waals surface area contributed by atoms with E-state index >= 15 is 0 Å². The van der Waals surface area contributed by atoms with Crippen LogP contribution in [0.2, 0.25) is 0 Å². The van der Waals surface area contributed by atoms with Gasteiger partial charge in [0.1, 0.15) is 5.75 Å². The summed E-state index contributed by atoms with van der Waals surface area (Å²) >= 11 is 0. The Hall–Kier alpha value is -2.89. The minimum atomic E-state index is 0.487. The highest BCUT2D eigenvalue weighted by Crippen LogP contribution is 2.43. The number of rotatable bonds is 6. The van der Waals surface area contributed by atoms with Gasteiger partial charge in [-0.1, -0.05) is 17.3 Å². The van der Waals surface area contributed by atoms with Crippen molar-refractivity contribution in [2.45, 2.75) is 32.2 Å². The highest BCUT2D eigenvalue weighted by Gasteiger charge is 2.29. The molecule has 2 heterocycles. The fraction of sp³-hybridized carbons (Fsp3) is 0.316. The normalized spacial score (nSPS) is 13.7. The van der Waals surface area contributed by atoms with Crippen LogP contribution in [0.25, 0.3) is 11.3 Å². The zero-order valence-corrected chi connectivity index (χ0v) is 14.3. The molecule has 1 saturated carbocycles. The predicted molar refractivity (Wildman–Crippen MR) is 94.6 cm³/mol. The third-order valence-corrected chi connectivity index (χ3v) is 4.26. The molecule has 2 aromatic heterocycles. The molecule has 6 nitrogen and oxygen atoms in total. The van der Waals surface area contributed by atoms with Crippen molar-refractivity contribution in [1.82, 2.24) is 15.1 Å². The molecule has 128 valence electrons. The molecular formula is C19H20N4O2. The Morgan fingerprint density at radius 3 is 2.88 bits per heavy atom. The van der Waals surface area contributed by atoms with E-state index in [9.17, 15) is 0 Å². The number of hydrogen-bond acceptors (Lipinski definition) is 6. The van der Waals surface area contributed by atoms with Gasteiger partial charge in [-0.2, -0.15) is 0 Å². The Bertz CT molecular complexity index is 887. The highest BCUT2D eigenvalue weighted by atomic mass is 16.5. The van der Waals surface area contributed by atoms with Crippen molar-refractivity contribution >= 4 is 5.95 Å². The molecule has 0 saturated heterocycles. The molecule has 1 aliphatic rings. The third kappa shape index (κ3) is 3.47. The van der Waals surface area contributed by atoms with Crippen LogP contribution in [-0.2, 0) is 6.54 Å². The molecule has 0 aliphatic heterocycles. The predicted octanol–water partition coefficient (Wildman–Crippen LogP) is 3.94. The lowest BCUT2D eigenvalue weighted by Gasteiger charge is -2.10. The first-order chi connectivity index (χ1) is 12.2. The van der Waals surface area contributed by atoms with Crippen molar-refractivity contribution in [1.29, 1.82) is 0 Å². The second-order valence-corrected chi connectivity index (χ2v) is 6.30. The molecule has 0 amide bonds. The summed E-state index contributed by atoms with van der Waals surface area (Å²) < 4.78 is 10.7. The molecule has 3 aromatic rings. The molecular weight excluding hydrogens is 316 g/mol. The summed E-state index contributed by atoms with van der Waals surface area (Å²) in [6, 6.07) is 9.87. The van der Waals surface area contributed by atoms with Crippen molar-refractivity contribution in [2.24, 2.45) is 0 Å². The first-order valence-electron chi connectivity index (χ1n) is 8.40. The van der Waals surface area contributed by atoms with E-state index in [4.69, 9.17) is 14.2 Å². The van der Waals surface area contributed by atoms with E-state index in [2.05, 4.69) is 15.5 Å². The number of anilines is 1. The molecule has 0 atom stereocenters. The Labute approximate surface area is 146 Å². The number of ether oxygens (including phenoxy) is 1. The summed E-state index contributed by atoms with van der Waals surface area (Å²) in [5, 5.41) is 7.27. The molecule has 4 rings (SSSR count). The summed E-state index contributed by atoms with van der Waals surface area (Å²) in [7, 11) is 1.67. The van der Waals surface area contributed by atoms with Crippen LogP contribution in [0.5, 0.6) is 5.75 Å². The third-order valence-electron chi connectivity index (χ3n) is 4.26. The molecule has 1 fully saturated rings. The monoisotopic (exact) mass is 336 g/mol. The van der Waals surface area contributed by atoms with Gasteiger partial charge in [0, 0.05) is 24.7 Å².